The van der Waals surface area contributed by atoms with E-state index in [-0.39, 0.29) is 10.8 Å². The van der Waals surface area contributed by atoms with Gasteiger partial charge in [-0.05, 0) is 62.4 Å². The molecule has 0 amide bonds. The fourth-order valence-corrected chi connectivity index (χ4v) is 3.46. The Kier molecular flexibility index (Phi) is 3.20. The summed E-state index contributed by atoms with van der Waals surface area (Å²) in [5, 5.41) is 7.04. The van der Waals surface area contributed by atoms with Crippen LogP contribution in [0.1, 0.15) is 25.7 Å². The largest absolute Gasteiger partial charge is 0.382 e. The van der Waals surface area contributed by atoms with Crippen LogP contribution in [0.15, 0.2) is 18.2 Å². The van der Waals surface area contributed by atoms with Crippen LogP contribution in [0.2, 0.25) is 5.02 Å². The van der Waals surface area contributed by atoms with Crippen LogP contribution in [0, 0.1) is 11.2 Å². The highest BCUT2D eigenvalue weighted by molar-refractivity contribution is 6.31. The third-order valence-corrected chi connectivity index (χ3v) is 4.60. The SMILES string of the molecule is Fc1ccc(NC2CC3(CCNCC3)C2)cc1Cl. The summed E-state index contributed by atoms with van der Waals surface area (Å²) in [6.07, 6.45) is 5.03. The average molecular weight is 269 g/mol. The van der Waals surface area contributed by atoms with Gasteiger partial charge >= 0.3 is 0 Å². The van der Waals surface area contributed by atoms with Crippen molar-refractivity contribution < 1.29 is 4.39 Å². The Morgan fingerprint density at radius 2 is 2.00 bits per heavy atom. The van der Waals surface area contributed by atoms with Gasteiger partial charge in [-0.2, -0.15) is 0 Å². The second-order valence-electron chi connectivity index (χ2n) is 5.63. The number of benzene rings is 1. The van der Waals surface area contributed by atoms with E-state index in [1.165, 1.54) is 31.7 Å². The molecule has 3 rings (SSSR count). The molecule has 0 aromatic heterocycles. The van der Waals surface area contributed by atoms with Crippen molar-refractivity contribution in [2.24, 2.45) is 5.41 Å². The molecule has 2 nitrogen and oxygen atoms in total. The van der Waals surface area contributed by atoms with Crippen LogP contribution in [0.25, 0.3) is 0 Å². The maximum Gasteiger partial charge on any atom is 0.141 e. The quantitative estimate of drug-likeness (QED) is 0.859. The molecule has 98 valence electrons. The Bertz CT molecular complexity index is 435. The van der Waals surface area contributed by atoms with Gasteiger partial charge in [0, 0.05) is 11.7 Å². The van der Waals surface area contributed by atoms with Crippen molar-refractivity contribution in [1.82, 2.24) is 5.32 Å². The van der Waals surface area contributed by atoms with Crippen LogP contribution in [-0.4, -0.2) is 19.1 Å². The van der Waals surface area contributed by atoms with Crippen LogP contribution in [0.3, 0.4) is 0 Å². The molecule has 0 bridgehead atoms. The number of anilines is 1. The molecule has 4 heteroatoms. The lowest BCUT2D eigenvalue weighted by Crippen LogP contribution is -2.50. The summed E-state index contributed by atoms with van der Waals surface area (Å²) in [5.74, 6) is -0.356. The summed E-state index contributed by atoms with van der Waals surface area (Å²) in [5.41, 5.74) is 1.49. The minimum atomic E-state index is -0.356. The molecule has 2 aliphatic rings. The molecule has 1 spiro atoms. The van der Waals surface area contributed by atoms with E-state index >= 15 is 0 Å². The molecule has 1 heterocycles. The normalized spacial score (nSPS) is 22.8. The number of rotatable bonds is 2. The Morgan fingerprint density at radius 1 is 1.28 bits per heavy atom. The summed E-state index contributed by atoms with van der Waals surface area (Å²) in [6.45, 7) is 2.30. The van der Waals surface area contributed by atoms with E-state index < -0.39 is 0 Å². The van der Waals surface area contributed by atoms with E-state index in [9.17, 15) is 4.39 Å². The van der Waals surface area contributed by atoms with Crippen molar-refractivity contribution in [2.75, 3.05) is 18.4 Å². The highest BCUT2D eigenvalue weighted by Gasteiger charge is 2.44. The maximum absolute atomic E-state index is 13.1. The first-order valence-corrected chi connectivity index (χ1v) is 6.97. The molecule has 1 saturated carbocycles. The van der Waals surface area contributed by atoms with Gasteiger partial charge < -0.3 is 10.6 Å². The zero-order valence-corrected chi connectivity index (χ0v) is 11.1. The summed E-state index contributed by atoms with van der Waals surface area (Å²) in [4.78, 5) is 0. The molecule has 1 aromatic rings. The van der Waals surface area contributed by atoms with Gasteiger partial charge in [-0.25, -0.2) is 4.39 Å². The van der Waals surface area contributed by atoms with Gasteiger partial charge in [-0.1, -0.05) is 11.6 Å². The third-order valence-electron chi connectivity index (χ3n) is 4.31. The average Bonchev–Trinajstić information content (AvgIpc) is 2.33. The van der Waals surface area contributed by atoms with E-state index in [1.807, 2.05) is 0 Å². The lowest BCUT2D eigenvalue weighted by Gasteiger charge is -2.50. The predicted octanol–water partition coefficient (Wildman–Crippen LogP) is 3.42. The number of halogens is 2. The van der Waals surface area contributed by atoms with Crippen LogP contribution in [0.4, 0.5) is 10.1 Å². The molecule has 0 radical (unpaired) electrons. The molecule has 2 fully saturated rings. The highest BCUT2D eigenvalue weighted by atomic mass is 35.5. The number of hydrogen-bond donors (Lipinski definition) is 2. The summed E-state index contributed by atoms with van der Waals surface area (Å²) in [6, 6.07) is 5.37. The third kappa shape index (κ3) is 2.34. The Balaban J connectivity index is 1.57. The fourth-order valence-electron chi connectivity index (χ4n) is 3.27. The highest BCUT2D eigenvalue weighted by Crippen LogP contribution is 2.48. The van der Waals surface area contributed by atoms with Gasteiger partial charge in [0.1, 0.15) is 5.82 Å². The molecule has 1 aliphatic carbocycles. The summed E-state index contributed by atoms with van der Waals surface area (Å²) in [7, 11) is 0. The number of hydrogen-bond acceptors (Lipinski definition) is 2. The predicted molar refractivity (Wildman–Crippen MR) is 72.6 cm³/mol. The minimum Gasteiger partial charge on any atom is -0.382 e. The molecule has 2 N–H and O–H groups in total. The van der Waals surface area contributed by atoms with Gasteiger partial charge in [0.05, 0.1) is 5.02 Å². The maximum atomic E-state index is 13.1. The lowest BCUT2D eigenvalue weighted by atomic mass is 9.60. The van der Waals surface area contributed by atoms with Crippen molar-refractivity contribution in [1.29, 1.82) is 0 Å². The first-order chi connectivity index (χ1) is 8.67. The van der Waals surface area contributed by atoms with E-state index in [0.29, 0.717) is 11.5 Å². The van der Waals surface area contributed by atoms with Crippen molar-refractivity contribution in [3.05, 3.63) is 29.0 Å². The first kappa shape index (κ1) is 12.2. The monoisotopic (exact) mass is 268 g/mol. The van der Waals surface area contributed by atoms with Gasteiger partial charge in [0.2, 0.25) is 0 Å². The minimum absolute atomic E-state index is 0.191. The second kappa shape index (κ2) is 4.71. The van der Waals surface area contributed by atoms with E-state index in [0.717, 1.165) is 18.8 Å². The molecule has 0 atom stereocenters. The summed E-state index contributed by atoms with van der Waals surface area (Å²) >= 11 is 5.78. The Hall–Kier alpha value is -0.800. The van der Waals surface area contributed by atoms with Crippen LogP contribution >= 0.6 is 11.6 Å². The molecular formula is C14H18ClFN2. The molecular weight excluding hydrogens is 251 g/mol. The zero-order chi connectivity index (χ0) is 12.6. The van der Waals surface area contributed by atoms with Crippen molar-refractivity contribution in [2.45, 2.75) is 31.7 Å². The Morgan fingerprint density at radius 3 is 2.67 bits per heavy atom. The molecule has 1 saturated heterocycles. The van der Waals surface area contributed by atoms with Crippen LogP contribution in [0.5, 0.6) is 0 Å². The summed E-state index contributed by atoms with van der Waals surface area (Å²) < 4.78 is 13.1. The van der Waals surface area contributed by atoms with Gasteiger partial charge in [-0.3, -0.25) is 0 Å². The van der Waals surface area contributed by atoms with Gasteiger partial charge in [-0.15, -0.1) is 0 Å². The first-order valence-electron chi connectivity index (χ1n) is 6.59. The standard InChI is InChI=1S/C14H18ClFN2/c15-12-7-10(1-2-13(12)16)18-11-8-14(9-11)3-5-17-6-4-14/h1-2,7,11,17-18H,3-6,8-9H2. The van der Waals surface area contributed by atoms with E-state index in [2.05, 4.69) is 10.6 Å². The Labute approximate surface area is 112 Å². The van der Waals surface area contributed by atoms with Crippen molar-refractivity contribution in [3.8, 4) is 0 Å². The smallest absolute Gasteiger partial charge is 0.141 e. The van der Waals surface area contributed by atoms with E-state index in [1.54, 1.807) is 12.1 Å². The molecule has 1 aliphatic heterocycles. The lowest BCUT2D eigenvalue weighted by molar-refractivity contribution is 0.0718. The van der Waals surface area contributed by atoms with Gasteiger partial charge in [0.15, 0.2) is 0 Å². The van der Waals surface area contributed by atoms with Crippen molar-refractivity contribution in [3.63, 3.8) is 0 Å². The number of nitrogens with one attached hydrogen (secondary N) is 2. The second-order valence-corrected chi connectivity index (χ2v) is 6.04. The van der Waals surface area contributed by atoms with Crippen LogP contribution < -0.4 is 10.6 Å². The molecule has 0 unspecified atom stereocenters. The topological polar surface area (TPSA) is 24.1 Å². The zero-order valence-electron chi connectivity index (χ0n) is 10.3. The van der Waals surface area contributed by atoms with Gasteiger partial charge in [0.25, 0.3) is 0 Å². The fraction of sp³-hybridized carbons (Fsp3) is 0.571. The van der Waals surface area contributed by atoms with Crippen LogP contribution in [-0.2, 0) is 0 Å². The molecule has 18 heavy (non-hydrogen) atoms. The van der Waals surface area contributed by atoms with E-state index in [4.69, 9.17) is 11.6 Å². The molecule has 1 aromatic carbocycles. The number of piperidine rings is 1. The van der Waals surface area contributed by atoms with Crippen molar-refractivity contribution >= 4 is 17.3 Å².